The Kier molecular flexibility index (Phi) is 5.57. The molecule has 0 unspecified atom stereocenters. The third kappa shape index (κ3) is 4.70. The Hall–Kier alpha value is -1.63. The first-order chi connectivity index (χ1) is 8.50. The lowest BCUT2D eigenvalue weighted by atomic mass is 10.5. The van der Waals surface area contributed by atoms with Gasteiger partial charge in [0.15, 0.2) is 0 Å². The van der Waals surface area contributed by atoms with Crippen molar-refractivity contribution in [2.75, 3.05) is 0 Å². The zero-order chi connectivity index (χ0) is 13.5. The van der Waals surface area contributed by atoms with Gasteiger partial charge in [-0.3, -0.25) is 0 Å². The van der Waals surface area contributed by atoms with E-state index in [2.05, 4.69) is 20.4 Å². The molecule has 0 aliphatic carbocycles. The van der Waals surface area contributed by atoms with Gasteiger partial charge in [0, 0.05) is 0 Å². The highest BCUT2D eigenvalue weighted by atomic mass is 35.5. The first-order valence-electron chi connectivity index (χ1n) is 5.49. The number of nitrogens with zero attached hydrogens (tertiary/aromatic N) is 5. The molecule has 0 saturated heterocycles. The first-order valence-corrected chi connectivity index (χ1v) is 5.87. The Balaban J connectivity index is 2.91. The average Bonchev–Trinajstić information content (AvgIpc) is 2.79. The number of hydrogen-bond acceptors (Lipinski definition) is 6. The van der Waals surface area contributed by atoms with Gasteiger partial charge in [0.05, 0.1) is 0 Å². The van der Waals surface area contributed by atoms with E-state index in [0.29, 0.717) is 0 Å². The van der Waals surface area contributed by atoms with E-state index in [1.807, 2.05) is 27.7 Å². The van der Waals surface area contributed by atoms with Crippen LogP contribution in [0, 0.1) is 0 Å². The molecular weight excluding hydrogens is 258 g/mol. The highest BCUT2D eigenvalue weighted by molar-refractivity contribution is 6.83. The predicted molar refractivity (Wildman–Crippen MR) is 68.6 cm³/mol. The topological polar surface area (TPSA) is 73.9 Å². The van der Waals surface area contributed by atoms with Crippen LogP contribution in [0.1, 0.15) is 27.7 Å². The lowest BCUT2D eigenvalue weighted by Gasteiger charge is -2.07. The molecule has 8 heteroatoms. The monoisotopic (exact) mass is 273 g/mol. The van der Waals surface area contributed by atoms with Crippen molar-refractivity contribution in [2.24, 2.45) is 10.3 Å². The molecule has 0 amide bonds. The second kappa shape index (κ2) is 6.95. The third-order valence-electron chi connectivity index (χ3n) is 1.51. The van der Waals surface area contributed by atoms with Gasteiger partial charge in [-0.2, -0.15) is 9.78 Å². The Morgan fingerprint density at radius 1 is 1.17 bits per heavy atom. The van der Waals surface area contributed by atoms with Crippen LogP contribution >= 0.6 is 11.6 Å². The highest BCUT2D eigenvalue weighted by Crippen LogP contribution is 2.00. The van der Waals surface area contributed by atoms with E-state index in [1.54, 1.807) is 0 Å². The van der Waals surface area contributed by atoms with Gasteiger partial charge in [0.25, 0.3) is 0 Å². The number of halogens is 1. The minimum absolute atomic E-state index is 0.0369. The molecule has 0 spiro atoms. The van der Waals surface area contributed by atoms with Gasteiger partial charge < -0.3 is 9.68 Å². The normalized spacial score (nSPS) is 13.3. The van der Waals surface area contributed by atoms with Crippen LogP contribution in [0.3, 0.4) is 0 Å². The maximum Gasteiger partial charge on any atom is 0.235 e. The van der Waals surface area contributed by atoms with Crippen LogP contribution in [0.15, 0.2) is 23.0 Å². The summed E-state index contributed by atoms with van der Waals surface area (Å²) in [5.74, 6) is 0.212. The van der Waals surface area contributed by atoms with Gasteiger partial charge in [-0.15, -0.1) is 0 Å². The van der Waals surface area contributed by atoms with Gasteiger partial charge in [-0.25, -0.2) is 4.98 Å². The van der Waals surface area contributed by atoms with E-state index < -0.39 is 0 Å². The standard InChI is InChI=1S/C10H16ClN5O2/c1-7(2)17-14-9(11)10(15-18-8(3)4)16-6-12-5-13-16/h5-8H,1-4H3/b14-9+,15-10+. The van der Waals surface area contributed by atoms with Crippen molar-refractivity contribution in [3.8, 4) is 0 Å². The molecule has 18 heavy (non-hydrogen) atoms. The highest BCUT2D eigenvalue weighted by Gasteiger charge is 2.13. The molecule has 0 radical (unpaired) electrons. The minimum atomic E-state index is -0.0843. The molecule has 1 rings (SSSR count). The lowest BCUT2D eigenvalue weighted by Crippen LogP contribution is -2.21. The molecule has 0 atom stereocenters. The molecular formula is C10H16ClN5O2. The zero-order valence-corrected chi connectivity index (χ0v) is 11.5. The van der Waals surface area contributed by atoms with Crippen molar-refractivity contribution in [2.45, 2.75) is 39.9 Å². The van der Waals surface area contributed by atoms with Crippen molar-refractivity contribution >= 4 is 22.6 Å². The third-order valence-corrected chi connectivity index (χ3v) is 1.75. The average molecular weight is 274 g/mol. The van der Waals surface area contributed by atoms with Crippen molar-refractivity contribution in [3.63, 3.8) is 0 Å². The summed E-state index contributed by atoms with van der Waals surface area (Å²) in [5, 5.41) is 11.6. The van der Waals surface area contributed by atoms with Gasteiger partial charge in [0.2, 0.25) is 11.0 Å². The number of hydrogen-bond donors (Lipinski definition) is 0. The first kappa shape index (κ1) is 14.4. The summed E-state index contributed by atoms with van der Waals surface area (Å²) in [6, 6.07) is 0. The van der Waals surface area contributed by atoms with Gasteiger partial charge in [-0.1, -0.05) is 21.9 Å². The molecule has 0 aromatic carbocycles. The predicted octanol–water partition coefficient (Wildman–Crippen LogP) is 1.84. The summed E-state index contributed by atoms with van der Waals surface area (Å²) in [5.41, 5.74) is 0. The number of oxime groups is 2. The summed E-state index contributed by atoms with van der Waals surface area (Å²) < 4.78 is 1.35. The van der Waals surface area contributed by atoms with Crippen LogP contribution in [0.5, 0.6) is 0 Å². The smallest absolute Gasteiger partial charge is 0.235 e. The van der Waals surface area contributed by atoms with Gasteiger partial charge >= 0.3 is 0 Å². The van der Waals surface area contributed by atoms with Crippen LogP contribution in [-0.4, -0.2) is 38.0 Å². The van der Waals surface area contributed by atoms with Crippen LogP contribution < -0.4 is 0 Å². The van der Waals surface area contributed by atoms with E-state index in [0.717, 1.165) is 0 Å². The molecule has 0 bridgehead atoms. The lowest BCUT2D eigenvalue weighted by molar-refractivity contribution is 0.0829. The maximum atomic E-state index is 5.99. The van der Waals surface area contributed by atoms with Gasteiger partial charge in [-0.05, 0) is 27.7 Å². The summed E-state index contributed by atoms with van der Waals surface area (Å²) in [7, 11) is 0. The maximum absolute atomic E-state index is 5.99. The molecule has 100 valence electrons. The van der Waals surface area contributed by atoms with Crippen LogP contribution in [0.4, 0.5) is 0 Å². The summed E-state index contributed by atoms with van der Waals surface area (Å²) in [6.45, 7) is 7.37. The number of rotatable bonds is 5. The largest absolute Gasteiger partial charge is 0.392 e. The van der Waals surface area contributed by atoms with Crippen molar-refractivity contribution in [1.29, 1.82) is 0 Å². The van der Waals surface area contributed by atoms with Crippen molar-refractivity contribution < 1.29 is 9.68 Å². The Morgan fingerprint density at radius 2 is 1.78 bits per heavy atom. The molecule has 1 aromatic heterocycles. The molecule has 0 fully saturated rings. The Morgan fingerprint density at radius 3 is 2.28 bits per heavy atom. The molecule has 1 heterocycles. The fraction of sp³-hybridized carbons (Fsp3) is 0.600. The second-order valence-corrected chi connectivity index (χ2v) is 4.30. The summed E-state index contributed by atoms with van der Waals surface area (Å²) >= 11 is 5.99. The quantitative estimate of drug-likeness (QED) is 0.466. The molecule has 0 N–H and O–H groups in total. The zero-order valence-electron chi connectivity index (χ0n) is 10.7. The van der Waals surface area contributed by atoms with Crippen molar-refractivity contribution in [1.82, 2.24) is 14.8 Å². The molecule has 0 aliphatic heterocycles. The minimum Gasteiger partial charge on any atom is -0.392 e. The van der Waals surface area contributed by atoms with E-state index in [9.17, 15) is 0 Å². The fourth-order valence-electron chi connectivity index (χ4n) is 0.839. The Bertz CT molecular complexity index is 414. The fourth-order valence-corrected chi connectivity index (χ4v) is 1.00. The molecule has 0 aliphatic rings. The summed E-state index contributed by atoms with van der Waals surface area (Å²) in [6.07, 6.45) is 2.63. The van der Waals surface area contributed by atoms with Crippen molar-refractivity contribution in [3.05, 3.63) is 12.7 Å². The SMILES string of the molecule is CC(C)O/N=C(Cl)\C(=N/OC(C)C)n1cncn1. The van der Waals surface area contributed by atoms with Crippen LogP contribution in [0.2, 0.25) is 0 Å². The number of aromatic nitrogens is 3. The molecule has 7 nitrogen and oxygen atoms in total. The van der Waals surface area contributed by atoms with E-state index in [4.69, 9.17) is 21.3 Å². The molecule has 0 saturated carbocycles. The Labute approximate surface area is 110 Å². The second-order valence-electron chi connectivity index (χ2n) is 3.95. The van der Waals surface area contributed by atoms with Crippen LogP contribution in [0.25, 0.3) is 0 Å². The van der Waals surface area contributed by atoms with E-state index in [1.165, 1.54) is 17.3 Å². The van der Waals surface area contributed by atoms with E-state index in [-0.39, 0.29) is 23.2 Å². The van der Waals surface area contributed by atoms with Crippen LogP contribution in [-0.2, 0) is 9.68 Å². The van der Waals surface area contributed by atoms with Gasteiger partial charge in [0.1, 0.15) is 24.9 Å². The summed E-state index contributed by atoms with van der Waals surface area (Å²) in [4.78, 5) is 14.0. The van der Waals surface area contributed by atoms with E-state index >= 15 is 0 Å². The molecule has 1 aromatic rings.